The van der Waals surface area contributed by atoms with E-state index in [1.807, 2.05) is 0 Å². The van der Waals surface area contributed by atoms with Crippen LogP contribution in [-0.4, -0.2) is 23.4 Å². The Morgan fingerprint density at radius 3 is 2.54 bits per heavy atom. The van der Waals surface area contributed by atoms with Gasteiger partial charge in [-0.15, -0.1) is 0 Å². The molecule has 0 atom stereocenters. The van der Waals surface area contributed by atoms with Gasteiger partial charge in [-0.3, -0.25) is 15.2 Å². The summed E-state index contributed by atoms with van der Waals surface area (Å²) in [6, 6.07) is 4.71. The molecule has 0 saturated heterocycles. The fourth-order valence-corrected chi connectivity index (χ4v) is 1.88. The number of nitrogens with two attached hydrogens (primary N) is 1. The van der Waals surface area contributed by atoms with Crippen molar-refractivity contribution in [3.63, 3.8) is 0 Å². The molecule has 0 aliphatic carbocycles. The average Bonchev–Trinajstić information content (AvgIpc) is 2.60. The van der Waals surface area contributed by atoms with E-state index in [-0.39, 0.29) is 12.2 Å². The van der Waals surface area contributed by atoms with Crippen LogP contribution in [0.2, 0.25) is 0 Å². The van der Waals surface area contributed by atoms with E-state index in [2.05, 4.69) is 21.1 Å². The highest BCUT2D eigenvalue weighted by Gasteiger charge is 2.16. The third-order valence-electron chi connectivity index (χ3n) is 2.97. The van der Waals surface area contributed by atoms with Crippen molar-refractivity contribution in [2.75, 3.05) is 12.4 Å². The van der Waals surface area contributed by atoms with Crippen LogP contribution in [0.4, 0.5) is 14.5 Å². The van der Waals surface area contributed by atoms with Crippen LogP contribution >= 0.6 is 0 Å². The molecule has 0 radical (unpaired) electrons. The maximum Gasteiger partial charge on any atom is 0.264 e. The fraction of sp³-hybridized carbons (Fsp3) is 0.267. The number of amides is 1. The number of benzene rings is 1. The molecule has 0 fully saturated rings. The summed E-state index contributed by atoms with van der Waals surface area (Å²) in [6.07, 6.45) is 0.902. The standard InChI is InChI=1S/C14H15F2N3O.CH4N2O/c1-9-14(19-7-6-18-9)20-8-11-10(13(15)16)4-3-5-12(11)17-2;2-3-1-4/h3-7,13,17H,8H2,1-2H3;1H,2H2,(H,3,4). The number of carbonyl (C=O) groups excluding carboxylic acids is 1. The summed E-state index contributed by atoms with van der Waals surface area (Å²) < 4.78 is 31.6. The Bertz CT molecular complexity index is 656. The highest BCUT2D eigenvalue weighted by Crippen LogP contribution is 2.29. The number of alkyl halides is 2. The lowest BCUT2D eigenvalue weighted by Gasteiger charge is -2.15. The van der Waals surface area contributed by atoms with Gasteiger partial charge in [-0.25, -0.2) is 19.6 Å². The Hall–Kier alpha value is -2.81. The first-order valence-electron chi connectivity index (χ1n) is 6.93. The number of hydrogen-bond donors (Lipinski definition) is 3. The number of nitrogens with zero attached hydrogens (tertiary/aromatic N) is 2. The van der Waals surface area contributed by atoms with Crippen LogP contribution in [0.15, 0.2) is 30.6 Å². The van der Waals surface area contributed by atoms with Crippen molar-refractivity contribution >= 4 is 12.1 Å². The minimum Gasteiger partial charge on any atom is -0.471 e. The van der Waals surface area contributed by atoms with Gasteiger partial charge in [0.2, 0.25) is 12.3 Å². The summed E-state index contributed by atoms with van der Waals surface area (Å²) in [5.74, 6) is 4.76. The summed E-state index contributed by atoms with van der Waals surface area (Å²) in [6.45, 7) is 1.76. The second-order valence-corrected chi connectivity index (χ2v) is 4.44. The van der Waals surface area contributed by atoms with E-state index in [0.717, 1.165) is 0 Å². The maximum absolute atomic E-state index is 13.0. The lowest BCUT2D eigenvalue weighted by atomic mass is 10.1. The molecule has 0 aliphatic heterocycles. The molecular weight excluding hydrogens is 320 g/mol. The van der Waals surface area contributed by atoms with Gasteiger partial charge in [-0.2, -0.15) is 0 Å². The third kappa shape index (κ3) is 5.43. The molecular formula is C15H19F2N5O2. The van der Waals surface area contributed by atoms with Crippen molar-refractivity contribution in [3.8, 4) is 5.88 Å². The van der Waals surface area contributed by atoms with Gasteiger partial charge in [0.15, 0.2) is 0 Å². The second-order valence-electron chi connectivity index (χ2n) is 4.44. The molecule has 1 amide bonds. The number of aromatic nitrogens is 2. The maximum atomic E-state index is 13.0. The van der Waals surface area contributed by atoms with Crippen molar-refractivity contribution in [2.45, 2.75) is 20.0 Å². The molecule has 1 heterocycles. The quantitative estimate of drug-likeness (QED) is 0.322. The molecule has 0 saturated carbocycles. The van der Waals surface area contributed by atoms with E-state index in [4.69, 9.17) is 9.53 Å². The van der Waals surface area contributed by atoms with Crippen LogP contribution in [0, 0.1) is 6.92 Å². The smallest absolute Gasteiger partial charge is 0.264 e. The number of rotatable bonds is 6. The van der Waals surface area contributed by atoms with Gasteiger partial charge in [0, 0.05) is 36.3 Å². The normalized spacial score (nSPS) is 9.75. The number of ether oxygens (including phenoxy) is 1. The molecule has 0 bridgehead atoms. The zero-order valence-corrected chi connectivity index (χ0v) is 13.3. The Kier molecular flexibility index (Phi) is 8.06. The molecule has 2 aromatic rings. The molecule has 4 N–H and O–H groups in total. The number of halogens is 2. The lowest BCUT2D eigenvalue weighted by molar-refractivity contribution is -0.109. The summed E-state index contributed by atoms with van der Waals surface area (Å²) in [4.78, 5) is 17.0. The number of aryl methyl sites for hydroxylation is 1. The Morgan fingerprint density at radius 1 is 1.33 bits per heavy atom. The molecule has 0 unspecified atom stereocenters. The topological polar surface area (TPSA) is 102 Å². The van der Waals surface area contributed by atoms with Crippen LogP contribution in [0.1, 0.15) is 23.2 Å². The number of anilines is 1. The van der Waals surface area contributed by atoms with Gasteiger partial charge in [0.25, 0.3) is 6.43 Å². The van der Waals surface area contributed by atoms with Crippen LogP contribution in [0.3, 0.4) is 0 Å². The van der Waals surface area contributed by atoms with E-state index in [9.17, 15) is 8.78 Å². The van der Waals surface area contributed by atoms with Crippen LogP contribution in [-0.2, 0) is 11.4 Å². The first-order valence-corrected chi connectivity index (χ1v) is 6.93. The molecule has 7 nitrogen and oxygen atoms in total. The van der Waals surface area contributed by atoms with Gasteiger partial charge >= 0.3 is 0 Å². The minimum absolute atomic E-state index is 0.0101. The van der Waals surface area contributed by atoms with Crippen LogP contribution in [0.25, 0.3) is 0 Å². The monoisotopic (exact) mass is 339 g/mol. The number of nitrogens with one attached hydrogen (secondary N) is 2. The summed E-state index contributed by atoms with van der Waals surface area (Å²) >= 11 is 0. The van der Waals surface area contributed by atoms with Crippen molar-refractivity contribution in [1.82, 2.24) is 15.4 Å². The first kappa shape index (κ1) is 19.2. The van der Waals surface area contributed by atoms with Gasteiger partial charge in [-0.1, -0.05) is 12.1 Å². The zero-order chi connectivity index (χ0) is 17.9. The summed E-state index contributed by atoms with van der Waals surface area (Å²) in [5.41, 5.74) is 3.37. The zero-order valence-electron chi connectivity index (χ0n) is 13.3. The minimum atomic E-state index is -2.55. The van der Waals surface area contributed by atoms with E-state index in [1.54, 1.807) is 37.7 Å². The largest absolute Gasteiger partial charge is 0.471 e. The molecule has 1 aromatic heterocycles. The van der Waals surface area contributed by atoms with E-state index in [0.29, 0.717) is 29.2 Å². The van der Waals surface area contributed by atoms with E-state index in [1.165, 1.54) is 12.3 Å². The van der Waals surface area contributed by atoms with Gasteiger partial charge in [-0.05, 0) is 13.0 Å². The number of carbonyl (C=O) groups is 1. The van der Waals surface area contributed by atoms with Crippen molar-refractivity contribution in [1.29, 1.82) is 0 Å². The highest BCUT2D eigenvalue weighted by atomic mass is 19.3. The molecule has 2 rings (SSSR count). The fourth-order valence-electron chi connectivity index (χ4n) is 1.88. The van der Waals surface area contributed by atoms with Crippen molar-refractivity contribution < 1.29 is 18.3 Å². The molecule has 130 valence electrons. The van der Waals surface area contributed by atoms with Crippen molar-refractivity contribution in [2.24, 2.45) is 5.84 Å². The summed E-state index contributed by atoms with van der Waals surface area (Å²) in [5, 5.41) is 2.89. The highest BCUT2D eigenvalue weighted by molar-refractivity contribution is 5.54. The van der Waals surface area contributed by atoms with E-state index >= 15 is 0 Å². The summed E-state index contributed by atoms with van der Waals surface area (Å²) in [7, 11) is 1.68. The molecule has 0 aliphatic rings. The Balaban J connectivity index is 0.000000648. The van der Waals surface area contributed by atoms with Gasteiger partial charge in [0.1, 0.15) is 6.61 Å². The lowest BCUT2D eigenvalue weighted by Crippen LogP contribution is -2.18. The SMILES string of the molecule is CNc1cccc(C(F)F)c1COc1nccnc1C.NNC=O. The van der Waals surface area contributed by atoms with Gasteiger partial charge in [0.05, 0.1) is 5.69 Å². The third-order valence-corrected chi connectivity index (χ3v) is 2.97. The van der Waals surface area contributed by atoms with E-state index < -0.39 is 6.43 Å². The molecule has 9 heteroatoms. The Morgan fingerprint density at radius 2 is 2.00 bits per heavy atom. The molecule has 1 aromatic carbocycles. The molecule has 24 heavy (non-hydrogen) atoms. The van der Waals surface area contributed by atoms with Crippen molar-refractivity contribution in [3.05, 3.63) is 47.4 Å². The second kappa shape index (κ2) is 10.1. The van der Waals surface area contributed by atoms with Gasteiger partial charge < -0.3 is 10.1 Å². The Labute approximate surface area is 138 Å². The average molecular weight is 339 g/mol. The molecule has 0 spiro atoms. The predicted molar refractivity (Wildman–Crippen MR) is 85.4 cm³/mol. The predicted octanol–water partition coefficient (Wildman–Crippen LogP) is 1.95. The number of hydrazine groups is 1. The van der Waals surface area contributed by atoms with Crippen LogP contribution < -0.4 is 21.3 Å². The first-order chi connectivity index (χ1) is 11.5. The number of hydrogen-bond acceptors (Lipinski definition) is 6. The van der Waals surface area contributed by atoms with Crippen LogP contribution in [0.5, 0.6) is 5.88 Å².